The zero-order chi connectivity index (χ0) is 23.6. The van der Waals surface area contributed by atoms with Crippen molar-refractivity contribution in [3.8, 4) is 21.9 Å². The van der Waals surface area contributed by atoms with E-state index in [-0.39, 0.29) is 5.41 Å². The number of pyridine rings is 1. The van der Waals surface area contributed by atoms with Crippen LogP contribution in [0.1, 0.15) is 37.5 Å². The van der Waals surface area contributed by atoms with Crippen molar-refractivity contribution < 1.29 is 4.42 Å². The highest BCUT2D eigenvalue weighted by Gasteiger charge is 2.23. The fourth-order valence-electron chi connectivity index (χ4n) is 5.09. The van der Waals surface area contributed by atoms with Crippen LogP contribution in [0, 0.1) is 13.8 Å². The fourth-order valence-corrected chi connectivity index (χ4v) is 6.33. The highest BCUT2D eigenvalue weighted by Crippen LogP contribution is 2.45. The summed E-state index contributed by atoms with van der Waals surface area (Å²) in [5, 5.41) is 4.96. The van der Waals surface area contributed by atoms with Gasteiger partial charge >= 0.3 is 0 Å². The molecule has 0 fully saturated rings. The predicted molar refractivity (Wildman–Crippen MR) is 146 cm³/mol. The molecule has 0 saturated carbocycles. The highest BCUT2D eigenvalue weighted by atomic mass is 32.1. The van der Waals surface area contributed by atoms with Crippen LogP contribution in [0.3, 0.4) is 0 Å². The van der Waals surface area contributed by atoms with Crippen LogP contribution >= 0.6 is 11.3 Å². The number of fused-ring (bicyclic) bond motifs is 3. The number of aryl methyl sites for hydroxylation is 2. The Morgan fingerprint density at radius 2 is 1.56 bits per heavy atom. The van der Waals surface area contributed by atoms with Gasteiger partial charge in [0.1, 0.15) is 11.3 Å². The molecule has 6 aromatic rings. The first-order chi connectivity index (χ1) is 16.3. The first kappa shape index (κ1) is 21.1. The molecule has 6 rings (SSSR count). The molecule has 0 unspecified atom stereocenters. The number of para-hydroxylation sites is 1. The van der Waals surface area contributed by atoms with Gasteiger partial charge in [0.2, 0.25) is 0 Å². The quantitative estimate of drug-likeness (QED) is 0.257. The maximum absolute atomic E-state index is 6.35. The number of thiophene rings is 1. The third-order valence-electron chi connectivity index (χ3n) is 6.83. The van der Waals surface area contributed by atoms with Gasteiger partial charge in [-0.1, -0.05) is 63.2 Å². The van der Waals surface area contributed by atoms with E-state index < -0.39 is 0 Å². The Labute approximate surface area is 203 Å². The minimum Gasteiger partial charge on any atom is -0.455 e. The summed E-state index contributed by atoms with van der Waals surface area (Å²) in [6, 6.07) is 23.7. The number of nitrogens with zero attached hydrogens (tertiary/aromatic N) is 1. The van der Waals surface area contributed by atoms with Gasteiger partial charge in [0.15, 0.2) is 0 Å². The van der Waals surface area contributed by atoms with Gasteiger partial charge in [0, 0.05) is 32.8 Å². The summed E-state index contributed by atoms with van der Waals surface area (Å²) in [6.07, 6.45) is 1.94. The molecule has 0 amide bonds. The normalized spacial score (nSPS) is 12.3. The Morgan fingerprint density at radius 1 is 0.824 bits per heavy atom. The van der Waals surface area contributed by atoms with Crippen LogP contribution in [0.5, 0.6) is 0 Å². The second-order valence-corrected chi connectivity index (χ2v) is 11.2. The molecule has 0 aliphatic heterocycles. The van der Waals surface area contributed by atoms with Gasteiger partial charge in [0.05, 0.1) is 10.6 Å². The van der Waals surface area contributed by atoms with E-state index in [1.807, 2.05) is 18.3 Å². The Bertz CT molecular complexity index is 1710. The standard InChI is InChI=1S/C31H27NOS/c1-18-22-11-8-9-13-25(22)33-29(18)30-19(2)27-26(34-30)14-15-32-28(27)21-16-20-10-6-7-12-23(20)24(17-21)31(3,4)5/h6-17H,1-5H3. The van der Waals surface area contributed by atoms with Crippen molar-refractivity contribution in [1.82, 2.24) is 4.98 Å². The molecule has 0 atom stereocenters. The van der Waals surface area contributed by atoms with Crippen LogP contribution < -0.4 is 0 Å². The molecule has 0 N–H and O–H groups in total. The van der Waals surface area contributed by atoms with Gasteiger partial charge in [-0.25, -0.2) is 0 Å². The highest BCUT2D eigenvalue weighted by molar-refractivity contribution is 7.22. The van der Waals surface area contributed by atoms with Crippen LogP contribution in [0.15, 0.2) is 77.3 Å². The monoisotopic (exact) mass is 461 g/mol. The largest absolute Gasteiger partial charge is 0.455 e. The Kier molecular flexibility index (Phi) is 4.69. The average molecular weight is 462 g/mol. The van der Waals surface area contributed by atoms with E-state index in [9.17, 15) is 0 Å². The summed E-state index contributed by atoms with van der Waals surface area (Å²) in [5.41, 5.74) is 6.96. The summed E-state index contributed by atoms with van der Waals surface area (Å²) >= 11 is 1.79. The SMILES string of the molecule is Cc1c(-c2sc3ccnc(-c4cc(C(C)(C)C)c5ccccc5c4)c3c2C)oc2ccccc12. The summed E-state index contributed by atoms with van der Waals surface area (Å²) in [6.45, 7) is 11.2. The Hall–Kier alpha value is -3.43. The number of hydrogen-bond acceptors (Lipinski definition) is 3. The van der Waals surface area contributed by atoms with Gasteiger partial charge in [-0.3, -0.25) is 4.98 Å². The van der Waals surface area contributed by atoms with Crippen LogP contribution in [0.25, 0.3) is 53.7 Å². The summed E-state index contributed by atoms with van der Waals surface area (Å²) in [5.74, 6) is 0.972. The van der Waals surface area contributed by atoms with E-state index in [0.717, 1.165) is 17.0 Å². The lowest BCUT2D eigenvalue weighted by Crippen LogP contribution is -2.12. The molecule has 3 heterocycles. The van der Waals surface area contributed by atoms with Crippen molar-refractivity contribution in [2.24, 2.45) is 0 Å². The zero-order valence-corrected chi connectivity index (χ0v) is 21.0. The van der Waals surface area contributed by atoms with E-state index in [1.54, 1.807) is 11.3 Å². The van der Waals surface area contributed by atoms with E-state index in [2.05, 4.69) is 89.2 Å². The van der Waals surface area contributed by atoms with Crippen LogP contribution in [0.2, 0.25) is 0 Å². The molecule has 168 valence electrons. The van der Waals surface area contributed by atoms with Crippen molar-refractivity contribution in [1.29, 1.82) is 0 Å². The Balaban J connectivity index is 1.62. The van der Waals surface area contributed by atoms with Crippen molar-refractivity contribution >= 4 is 43.2 Å². The van der Waals surface area contributed by atoms with Crippen LogP contribution in [0.4, 0.5) is 0 Å². The summed E-state index contributed by atoms with van der Waals surface area (Å²) in [4.78, 5) is 6.11. The minimum atomic E-state index is 0.0315. The third-order valence-corrected chi connectivity index (χ3v) is 8.09. The van der Waals surface area contributed by atoms with Gasteiger partial charge in [-0.05, 0) is 65.4 Å². The molecule has 34 heavy (non-hydrogen) atoms. The number of benzene rings is 3. The first-order valence-electron chi connectivity index (χ1n) is 11.7. The van der Waals surface area contributed by atoms with Crippen molar-refractivity contribution in [2.75, 3.05) is 0 Å². The average Bonchev–Trinajstić information content (AvgIpc) is 3.34. The second kappa shape index (κ2) is 7.54. The lowest BCUT2D eigenvalue weighted by atomic mass is 9.82. The molecule has 3 aromatic carbocycles. The van der Waals surface area contributed by atoms with E-state index in [1.165, 1.54) is 53.4 Å². The number of furan rings is 1. The van der Waals surface area contributed by atoms with Crippen molar-refractivity contribution in [3.05, 3.63) is 89.6 Å². The third kappa shape index (κ3) is 3.19. The molecule has 0 bridgehead atoms. The lowest BCUT2D eigenvalue weighted by molar-refractivity contribution is 0.596. The molecule has 0 saturated heterocycles. The fraction of sp³-hybridized carbons (Fsp3) is 0.194. The molecule has 0 radical (unpaired) electrons. The molecule has 2 nitrogen and oxygen atoms in total. The number of hydrogen-bond donors (Lipinski definition) is 0. The molecule has 0 aliphatic carbocycles. The number of rotatable bonds is 2. The van der Waals surface area contributed by atoms with E-state index >= 15 is 0 Å². The first-order valence-corrected chi connectivity index (χ1v) is 12.5. The predicted octanol–water partition coefficient (Wildman–Crippen LogP) is 9.44. The second-order valence-electron chi connectivity index (χ2n) is 10.1. The molecular weight excluding hydrogens is 434 g/mol. The van der Waals surface area contributed by atoms with Crippen LogP contribution in [-0.2, 0) is 5.41 Å². The minimum absolute atomic E-state index is 0.0315. The van der Waals surface area contributed by atoms with Gasteiger partial charge < -0.3 is 4.42 Å². The smallest absolute Gasteiger partial charge is 0.148 e. The zero-order valence-electron chi connectivity index (χ0n) is 20.2. The molecule has 3 aromatic heterocycles. The molecule has 0 aliphatic rings. The topological polar surface area (TPSA) is 26.0 Å². The molecule has 0 spiro atoms. The maximum atomic E-state index is 6.35. The van der Waals surface area contributed by atoms with Gasteiger partial charge in [-0.15, -0.1) is 11.3 Å². The van der Waals surface area contributed by atoms with Gasteiger partial charge in [0.25, 0.3) is 0 Å². The van der Waals surface area contributed by atoms with Gasteiger partial charge in [-0.2, -0.15) is 0 Å². The molecular formula is C31H27NOS. The van der Waals surface area contributed by atoms with Crippen molar-refractivity contribution in [2.45, 2.75) is 40.0 Å². The van der Waals surface area contributed by atoms with E-state index in [4.69, 9.17) is 9.40 Å². The Morgan fingerprint density at radius 3 is 2.32 bits per heavy atom. The summed E-state index contributed by atoms with van der Waals surface area (Å²) < 4.78 is 7.59. The maximum Gasteiger partial charge on any atom is 0.148 e. The van der Waals surface area contributed by atoms with Crippen LogP contribution in [-0.4, -0.2) is 4.98 Å². The van der Waals surface area contributed by atoms with E-state index in [0.29, 0.717) is 0 Å². The lowest BCUT2D eigenvalue weighted by Gasteiger charge is -2.23. The number of aromatic nitrogens is 1. The van der Waals surface area contributed by atoms with Crippen molar-refractivity contribution in [3.63, 3.8) is 0 Å². The summed E-state index contributed by atoms with van der Waals surface area (Å²) in [7, 11) is 0. The molecule has 3 heteroatoms.